The number of hydrogen-bond acceptors (Lipinski definition) is 0. The Labute approximate surface area is 220 Å². The molecule has 0 spiro atoms. The fraction of sp³-hybridized carbons (Fsp3) is 0.0286. The Morgan fingerprint density at radius 1 is 0.472 bits per heavy atom. The monoisotopic (exact) mass is 522 g/mol. The van der Waals surface area contributed by atoms with Crippen LogP contribution in [0, 0.1) is 0 Å². The second kappa shape index (κ2) is 8.33. The predicted octanol–water partition coefficient (Wildman–Crippen LogP) is 9.63. The summed E-state index contributed by atoms with van der Waals surface area (Å²) in [5, 5.41) is 2.58. The van der Waals surface area contributed by atoms with Crippen LogP contribution in [-0.4, -0.2) is 0 Å². The van der Waals surface area contributed by atoms with Gasteiger partial charge in [-0.15, -0.1) is 0 Å². The molecule has 1 heteroatoms. The maximum absolute atomic E-state index is 3.59. The van der Waals surface area contributed by atoms with Crippen molar-refractivity contribution in [3.63, 3.8) is 0 Å². The molecule has 6 aromatic rings. The number of rotatable bonds is 3. The van der Waals surface area contributed by atoms with Crippen molar-refractivity contribution in [3.05, 3.63) is 166 Å². The van der Waals surface area contributed by atoms with Crippen LogP contribution in [0.4, 0.5) is 0 Å². The highest BCUT2D eigenvalue weighted by Gasteiger charge is 2.46. The molecule has 0 bridgehead atoms. The average Bonchev–Trinajstić information content (AvgIpc) is 3.25. The van der Waals surface area contributed by atoms with Crippen molar-refractivity contribution in [3.8, 4) is 22.3 Å². The molecule has 0 radical (unpaired) electrons. The number of halogens is 1. The lowest BCUT2D eigenvalue weighted by Gasteiger charge is -2.34. The van der Waals surface area contributed by atoms with Gasteiger partial charge in [0.15, 0.2) is 0 Å². The lowest BCUT2D eigenvalue weighted by molar-refractivity contribution is 0.769. The van der Waals surface area contributed by atoms with Gasteiger partial charge >= 0.3 is 0 Å². The molecule has 0 unspecified atom stereocenters. The van der Waals surface area contributed by atoms with Crippen molar-refractivity contribution >= 4 is 26.7 Å². The van der Waals surface area contributed by atoms with Crippen molar-refractivity contribution < 1.29 is 0 Å². The maximum atomic E-state index is 3.59. The molecular weight excluding hydrogens is 500 g/mol. The summed E-state index contributed by atoms with van der Waals surface area (Å²) in [6.45, 7) is 0. The third-order valence-electron chi connectivity index (χ3n) is 7.62. The number of fused-ring (bicyclic) bond motifs is 5. The van der Waals surface area contributed by atoms with Gasteiger partial charge in [0, 0.05) is 4.47 Å². The lowest BCUT2D eigenvalue weighted by atomic mass is 9.67. The van der Waals surface area contributed by atoms with E-state index in [1.807, 2.05) is 0 Å². The van der Waals surface area contributed by atoms with Crippen LogP contribution in [-0.2, 0) is 5.41 Å². The fourth-order valence-corrected chi connectivity index (χ4v) is 6.34. The largest absolute Gasteiger partial charge is 0.0714 e. The van der Waals surface area contributed by atoms with Gasteiger partial charge in [0.05, 0.1) is 5.41 Å². The molecule has 0 amide bonds. The zero-order chi connectivity index (χ0) is 24.1. The molecule has 0 nitrogen and oxygen atoms in total. The number of hydrogen-bond donors (Lipinski definition) is 0. The SMILES string of the molecule is Brc1ccc(-c2ccc3c(c2)C(c2ccccc2)(c2ccccc2)c2ccc4ccccc4c2-3)cc1. The van der Waals surface area contributed by atoms with Crippen molar-refractivity contribution in [2.24, 2.45) is 0 Å². The summed E-state index contributed by atoms with van der Waals surface area (Å²) >= 11 is 3.59. The Morgan fingerprint density at radius 2 is 1.08 bits per heavy atom. The molecule has 0 atom stereocenters. The molecule has 170 valence electrons. The summed E-state index contributed by atoms with van der Waals surface area (Å²) in [5.41, 5.74) is 9.98. The van der Waals surface area contributed by atoms with Crippen LogP contribution >= 0.6 is 15.9 Å². The molecular formula is C35H23Br. The molecule has 0 fully saturated rings. The highest BCUT2D eigenvalue weighted by molar-refractivity contribution is 9.10. The molecule has 36 heavy (non-hydrogen) atoms. The van der Waals surface area contributed by atoms with Gasteiger partial charge in [0.1, 0.15) is 0 Å². The number of benzene rings is 6. The van der Waals surface area contributed by atoms with E-state index < -0.39 is 5.41 Å². The van der Waals surface area contributed by atoms with E-state index in [0.29, 0.717) is 0 Å². The second-order valence-electron chi connectivity index (χ2n) is 9.46. The summed E-state index contributed by atoms with van der Waals surface area (Å²) < 4.78 is 1.09. The Bertz CT molecular complexity index is 1680. The predicted molar refractivity (Wildman–Crippen MR) is 154 cm³/mol. The lowest BCUT2D eigenvalue weighted by Crippen LogP contribution is -2.28. The molecule has 0 aliphatic heterocycles. The van der Waals surface area contributed by atoms with E-state index in [-0.39, 0.29) is 0 Å². The second-order valence-corrected chi connectivity index (χ2v) is 10.4. The van der Waals surface area contributed by atoms with Gasteiger partial charge in [-0.05, 0) is 73.5 Å². The van der Waals surface area contributed by atoms with Gasteiger partial charge in [-0.3, -0.25) is 0 Å². The van der Waals surface area contributed by atoms with Crippen molar-refractivity contribution in [2.45, 2.75) is 5.41 Å². The summed E-state index contributed by atoms with van der Waals surface area (Å²) in [6, 6.07) is 51.1. The highest BCUT2D eigenvalue weighted by atomic mass is 79.9. The zero-order valence-corrected chi connectivity index (χ0v) is 21.2. The summed E-state index contributed by atoms with van der Waals surface area (Å²) in [5.74, 6) is 0. The van der Waals surface area contributed by atoms with Gasteiger partial charge in [-0.25, -0.2) is 0 Å². The Kier molecular flexibility index (Phi) is 4.94. The van der Waals surface area contributed by atoms with Gasteiger partial charge < -0.3 is 0 Å². The molecule has 0 N–H and O–H groups in total. The first-order valence-electron chi connectivity index (χ1n) is 12.3. The molecule has 0 aromatic heterocycles. The Morgan fingerprint density at radius 3 is 1.78 bits per heavy atom. The van der Waals surface area contributed by atoms with Crippen LogP contribution in [0.25, 0.3) is 33.0 Å². The first kappa shape index (κ1) is 21.4. The highest BCUT2D eigenvalue weighted by Crippen LogP contribution is 2.58. The van der Waals surface area contributed by atoms with Crippen LogP contribution in [0.5, 0.6) is 0 Å². The Balaban J connectivity index is 1.64. The summed E-state index contributed by atoms with van der Waals surface area (Å²) in [7, 11) is 0. The van der Waals surface area contributed by atoms with E-state index in [1.54, 1.807) is 0 Å². The van der Waals surface area contributed by atoms with E-state index in [4.69, 9.17) is 0 Å². The van der Waals surface area contributed by atoms with Crippen molar-refractivity contribution in [2.75, 3.05) is 0 Å². The first-order chi connectivity index (χ1) is 17.8. The summed E-state index contributed by atoms with van der Waals surface area (Å²) in [4.78, 5) is 0. The van der Waals surface area contributed by atoms with Gasteiger partial charge in [0.25, 0.3) is 0 Å². The smallest absolute Gasteiger partial charge is 0.0622 e. The van der Waals surface area contributed by atoms with E-state index in [9.17, 15) is 0 Å². The van der Waals surface area contributed by atoms with Gasteiger partial charge in [0.2, 0.25) is 0 Å². The van der Waals surface area contributed by atoms with E-state index >= 15 is 0 Å². The minimum Gasteiger partial charge on any atom is -0.0622 e. The molecule has 0 saturated heterocycles. The van der Waals surface area contributed by atoms with E-state index in [1.165, 1.54) is 55.3 Å². The topological polar surface area (TPSA) is 0 Å². The van der Waals surface area contributed by atoms with E-state index in [2.05, 4.69) is 155 Å². The van der Waals surface area contributed by atoms with Crippen LogP contribution in [0.15, 0.2) is 144 Å². The van der Waals surface area contributed by atoms with Crippen LogP contribution in [0.3, 0.4) is 0 Å². The summed E-state index contributed by atoms with van der Waals surface area (Å²) in [6.07, 6.45) is 0. The molecule has 0 heterocycles. The molecule has 6 aromatic carbocycles. The van der Waals surface area contributed by atoms with E-state index in [0.717, 1.165) is 4.47 Å². The van der Waals surface area contributed by atoms with Gasteiger partial charge in [-0.1, -0.05) is 137 Å². The third kappa shape index (κ3) is 3.06. The quantitative estimate of drug-likeness (QED) is 0.216. The minimum absolute atomic E-state index is 0.400. The average molecular weight is 523 g/mol. The Hall–Kier alpha value is -3.94. The van der Waals surface area contributed by atoms with Crippen molar-refractivity contribution in [1.29, 1.82) is 0 Å². The zero-order valence-electron chi connectivity index (χ0n) is 19.7. The van der Waals surface area contributed by atoms with Gasteiger partial charge in [-0.2, -0.15) is 0 Å². The fourth-order valence-electron chi connectivity index (χ4n) is 6.08. The molecule has 1 aliphatic carbocycles. The first-order valence-corrected chi connectivity index (χ1v) is 13.1. The standard InChI is InChI=1S/C35H23Br/c36-29-19-15-24(16-20-29)26-17-21-31-33(23-26)35(27-10-3-1-4-11-27,28-12-5-2-6-13-28)32-22-18-25-9-7-8-14-30(25)34(31)32/h1-23H. The van der Waals surface area contributed by atoms with Crippen LogP contribution in [0.2, 0.25) is 0 Å². The van der Waals surface area contributed by atoms with Crippen LogP contribution < -0.4 is 0 Å². The maximum Gasteiger partial charge on any atom is 0.0714 e. The normalized spacial score (nSPS) is 13.4. The van der Waals surface area contributed by atoms with Crippen LogP contribution in [0.1, 0.15) is 22.3 Å². The minimum atomic E-state index is -0.400. The third-order valence-corrected chi connectivity index (χ3v) is 8.15. The molecule has 7 rings (SSSR count). The van der Waals surface area contributed by atoms with Crippen molar-refractivity contribution in [1.82, 2.24) is 0 Å². The molecule has 0 saturated carbocycles. The molecule has 1 aliphatic rings.